The molecular formula is C11H19BrN2. The molecule has 1 heterocycles. The van der Waals surface area contributed by atoms with Crippen LogP contribution in [0.25, 0.3) is 0 Å². The molecule has 0 bridgehead atoms. The molecular weight excluding hydrogens is 240 g/mol. The van der Waals surface area contributed by atoms with E-state index in [0.717, 1.165) is 6.42 Å². The van der Waals surface area contributed by atoms with Crippen LogP contribution in [-0.2, 0) is 13.5 Å². The number of aryl methyl sites for hydroxylation is 1. The fourth-order valence-corrected chi connectivity index (χ4v) is 2.76. The number of hydrogen-bond acceptors (Lipinski definition) is 1. The van der Waals surface area contributed by atoms with Gasteiger partial charge in [-0.3, -0.25) is 4.68 Å². The van der Waals surface area contributed by atoms with E-state index in [2.05, 4.69) is 47.9 Å². The van der Waals surface area contributed by atoms with Crippen molar-refractivity contribution in [2.24, 2.45) is 12.5 Å². The van der Waals surface area contributed by atoms with Gasteiger partial charge in [-0.25, -0.2) is 0 Å². The van der Waals surface area contributed by atoms with E-state index in [1.165, 1.54) is 12.1 Å². The Kier molecular flexibility index (Phi) is 3.76. The lowest BCUT2D eigenvalue weighted by atomic mass is 9.83. The van der Waals surface area contributed by atoms with E-state index in [9.17, 15) is 0 Å². The molecule has 0 aliphatic carbocycles. The highest BCUT2D eigenvalue weighted by atomic mass is 79.9. The van der Waals surface area contributed by atoms with Gasteiger partial charge >= 0.3 is 0 Å². The number of alkyl halides is 1. The Labute approximate surface area is 94.8 Å². The Morgan fingerprint density at radius 3 is 2.64 bits per heavy atom. The molecule has 0 aromatic carbocycles. The average molecular weight is 259 g/mol. The van der Waals surface area contributed by atoms with E-state index in [1.54, 1.807) is 0 Å². The first-order valence-corrected chi connectivity index (χ1v) is 5.93. The predicted octanol–water partition coefficient (Wildman–Crippen LogP) is 3.16. The molecule has 14 heavy (non-hydrogen) atoms. The van der Waals surface area contributed by atoms with Crippen LogP contribution in [0.15, 0.2) is 12.3 Å². The van der Waals surface area contributed by atoms with Gasteiger partial charge in [-0.1, -0.05) is 36.7 Å². The van der Waals surface area contributed by atoms with Crippen molar-refractivity contribution in [3.8, 4) is 0 Å². The van der Waals surface area contributed by atoms with Crippen molar-refractivity contribution >= 4 is 15.9 Å². The third kappa shape index (κ3) is 3.82. The first-order valence-electron chi connectivity index (χ1n) is 5.02. The minimum absolute atomic E-state index is 0.317. The normalized spacial score (nSPS) is 14.4. The second kappa shape index (κ2) is 4.47. The van der Waals surface area contributed by atoms with Crippen molar-refractivity contribution in [3.63, 3.8) is 0 Å². The first kappa shape index (κ1) is 11.8. The van der Waals surface area contributed by atoms with Gasteiger partial charge in [0.15, 0.2) is 0 Å². The van der Waals surface area contributed by atoms with Crippen LogP contribution in [-0.4, -0.2) is 14.6 Å². The van der Waals surface area contributed by atoms with Crippen molar-refractivity contribution in [2.45, 2.75) is 38.4 Å². The van der Waals surface area contributed by atoms with Gasteiger partial charge < -0.3 is 0 Å². The zero-order valence-corrected chi connectivity index (χ0v) is 11.0. The van der Waals surface area contributed by atoms with E-state index < -0.39 is 0 Å². The number of aromatic nitrogens is 2. The van der Waals surface area contributed by atoms with Gasteiger partial charge in [-0.2, -0.15) is 5.10 Å². The molecule has 0 saturated carbocycles. The lowest BCUT2D eigenvalue weighted by molar-refractivity contribution is 0.330. The molecule has 0 spiro atoms. The number of halogens is 1. The number of rotatable bonds is 4. The van der Waals surface area contributed by atoms with E-state index in [-0.39, 0.29) is 0 Å². The van der Waals surface area contributed by atoms with Crippen molar-refractivity contribution in [3.05, 3.63) is 18.0 Å². The molecule has 1 atom stereocenters. The zero-order chi connectivity index (χ0) is 10.8. The summed E-state index contributed by atoms with van der Waals surface area (Å²) in [6.45, 7) is 6.78. The van der Waals surface area contributed by atoms with Gasteiger partial charge in [0, 0.05) is 18.1 Å². The molecule has 0 amide bonds. The molecule has 0 fully saturated rings. The topological polar surface area (TPSA) is 17.8 Å². The molecule has 1 rings (SSSR count). The monoisotopic (exact) mass is 258 g/mol. The average Bonchev–Trinajstić information content (AvgIpc) is 2.30. The van der Waals surface area contributed by atoms with Gasteiger partial charge in [0.2, 0.25) is 0 Å². The highest BCUT2D eigenvalue weighted by molar-refractivity contribution is 9.09. The first-order chi connectivity index (χ1) is 6.39. The Bertz CT molecular complexity index is 289. The van der Waals surface area contributed by atoms with Crippen molar-refractivity contribution in [1.29, 1.82) is 0 Å². The molecule has 1 aromatic heterocycles. The maximum absolute atomic E-state index is 4.40. The maximum atomic E-state index is 4.40. The van der Waals surface area contributed by atoms with Crippen LogP contribution >= 0.6 is 15.9 Å². The Hall–Kier alpha value is -0.310. The van der Waals surface area contributed by atoms with Crippen LogP contribution in [0.5, 0.6) is 0 Å². The van der Waals surface area contributed by atoms with E-state index in [1.807, 2.05) is 17.9 Å². The maximum Gasteiger partial charge on any atom is 0.0629 e. The lowest BCUT2D eigenvalue weighted by Gasteiger charge is -2.24. The largest absolute Gasteiger partial charge is 0.276 e. The predicted molar refractivity (Wildman–Crippen MR) is 63.7 cm³/mol. The van der Waals surface area contributed by atoms with E-state index in [0.29, 0.717) is 10.2 Å². The summed E-state index contributed by atoms with van der Waals surface area (Å²) in [6, 6.07) is 2.10. The van der Waals surface area contributed by atoms with E-state index in [4.69, 9.17) is 0 Å². The van der Waals surface area contributed by atoms with Gasteiger partial charge in [0.1, 0.15) is 0 Å². The Morgan fingerprint density at radius 2 is 2.21 bits per heavy atom. The molecule has 1 unspecified atom stereocenters. The zero-order valence-electron chi connectivity index (χ0n) is 9.42. The standard InChI is InChI=1S/C11H19BrN2/c1-9(12)7-11(2,3)8-10-5-6-14(4)13-10/h5-6,9H,7-8H2,1-4H3. The summed E-state index contributed by atoms with van der Waals surface area (Å²) in [7, 11) is 1.96. The molecule has 0 saturated heterocycles. The Morgan fingerprint density at radius 1 is 1.57 bits per heavy atom. The van der Waals surface area contributed by atoms with Gasteiger partial charge in [0.05, 0.1) is 5.69 Å². The van der Waals surface area contributed by atoms with Crippen LogP contribution in [0.1, 0.15) is 32.9 Å². The SMILES string of the molecule is CC(Br)CC(C)(C)Cc1ccn(C)n1. The summed E-state index contributed by atoms with van der Waals surface area (Å²) in [5, 5.41) is 4.40. The van der Waals surface area contributed by atoms with Crippen LogP contribution in [0.3, 0.4) is 0 Å². The number of hydrogen-bond donors (Lipinski definition) is 0. The molecule has 2 nitrogen and oxygen atoms in total. The molecule has 1 aromatic rings. The summed E-state index contributed by atoms with van der Waals surface area (Å²) in [5.41, 5.74) is 1.50. The van der Waals surface area contributed by atoms with Crippen molar-refractivity contribution in [2.75, 3.05) is 0 Å². The van der Waals surface area contributed by atoms with Crippen molar-refractivity contribution in [1.82, 2.24) is 9.78 Å². The van der Waals surface area contributed by atoms with Crippen LogP contribution < -0.4 is 0 Å². The molecule has 0 aliphatic rings. The van der Waals surface area contributed by atoms with Crippen LogP contribution in [0, 0.1) is 5.41 Å². The van der Waals surface area contributed by atoms with Gasteiger partial charge in [0.25, 0.3) is 0 Å². The number of nitrogens with zero attached hydrogens (tertiary/aromatic N) is 2. The second-order valence-corrected chi connectivity index (χ2v) is 6.37. The quantitative estimate of drug-likeness (QED) is 0.759. The third-order valence-electron chi connectivity index (χ3n) is 2.26. The molecule has 0 N–H and O–H groups in total. The molecule has 3 heteroatoms. The highest BCUT2D eigenvalue weighted by Crippen LogP contribution is 2.29. The minimum atomic E-state index is 0.317. The summed E-state index contributed by atoms with van der Waals surface area (Å²) in [4.78, 5) is 0.571. The van der Waals surface area contributed by atoms with E-state index >= 15 is 0 Å². The highest BCUT2D eigenvalue weighted by Gasteiger charge is 2.21. The summed E-state index contributed by atoms with van der Waals surface area (Å²) in [5.74, 6) is 0. The van der Waals surface area contributed by atoms with Gasteiger partial charge in [-0.15, -0.1) is 0 Å². The fraction of sp³-hybridized carbons (Fsp3) is 0.727. The molecule has 0 radical (unpaired) electrons. The van der Waals surface area contributed by atoms with Gasteiger partial charge in [-0.05, 0) is 24.3 Å². The second-order valence-electron chi connectivity index (χ2n) is 4.81. The van der Waals surface area contributed by atoms with Crippen molar-refractivity contribution < 1.29 is 0 Å². The fourth-order valence-electron chi connectivity index (χ4n) is 1.88. The summed E-state index contributed by atoms with van der Waals surface area (Å²) < 4.78 is 1.86. The van der Waals surface area contributed by atoms with Crippen LogP contribution in [0.4, 0.5) is 0 Å². The summed E-state index contributed by atoms with van der Waals surface area (Å²) >= 11 is 3.60. The molecule has 80 valence electrons. The third-order valence-corrected chi connectivity index (χ3v) is 2.59. The Balaban J connectivity index is 2.58. The smallest absolute Gasteiger partial charge is 0.0629 e. The molecule has 0 aliphatic heterocycles. The summed E-state index contributed by atoms with van der Waals surface area (Å²) in [6.07, 6.45) is 4.22. The lowest BCUT2D eigenvalue weighted by Crippen LogP contribution is -2.19. The van der Waals surface area contributed by atoms with Crippen LogP contribution in [0.2, 0.25) is 0 Å². The minimum Gasteiger partial charge on any atom is -0.276 e.